The number of ether oxygens (including phenoxy) is 1. The molecule has 2 nitrogen and oxygen atoms in total. The molecule has 0 bridgehead atoms. The summed E-state index contributed by atoms with van der Waals surface area (Å²) in [5, 5.41) is 3.64. The average molecular weight is 201 g/mol. The normalized spacial score (nSPS) is 15.9. The zero-order valence-corrected chi connectivity index (χ0v) is 10.5. The number of hydrogen-bond acceptors (Lipinski definition) is 2. The molecule has 0 aliphatic heterocycles. The minimum Gasteiger partial charge on any atom is -0.385 e. The molecule has 0 amide bonds. The summed E-state index contributed by atoms with van der Waals surface area (Å²) in [6.07, 6.45) is 3.63. The minimum atomic E-state index is 0.561. The Morgan fingerprint density at radius 1 is 1.14 bits per heavy atom. The fourth-order valence-corrected chi connectivity index (χ4v) is 1.96. The Labute approximate surface area is 89.4 Å². The lowest BCUT2D eigenvalue weighted by atomic mass is 9.95. The van der Waals surface area contributed by atoms with Crippen LogP contribution in [0.1, 0.15) is 47.0 Å². The van der Waals surface area contributed by atoms with Crippen LogP contribution in [0.3, 0.4) is 0 Å². The van der Waals surface area contributed by atoms with E-state index in [1.165, 1.54) is 12.8 Å². The first-order valence-corrected chi connectivity index (χ1v) is 5.90. The highest BCUT2D eigenvalue weighted by atomic mass is 16.5. The predicted molar refractivity (Wildman–Crippen MR) is 62.6 cm³/mol. The van der Waals surface area contributed by atoms with Crippen LogP contribution in [0, 0.1) is 5.92 Å². The van der Waals surface area contributed by atoms with Gasteiger partial charge in [-0.2, -0.15) is 0 Å². The maximum Gasteiger partial charge on any atom is 0.0476 e. The number of nitrogens with one attached hydrogen (secondary N) is 1. The summed E-state index contributed by atoms with van der Waals surface area (Å²) in [6.45, 7) is 9.92. The Bertz CT molecular complexity index is 123. The molecule has 0 rings (SSSR count). The van der Waals surface area contributed by atoms with E-state index in [-0.39, 0.29) is 0 Å². The van der Waals surface area contributed by atoms with Gasteiger partial charge in [-0.1, -0.05) is 26.7 Å². The molecule has 86 valence electrons. The van der Waals surface area contributed by atoms with E-state index in [0.717, 1.165) is 18.9 Å². The molecule has 0 aliphatic carbocycles. The van der Waals surface area contributed by atoms with E-state index < -0.39 is 0 Å². The van der Waals surface area contributed by atoms with Crippen molar-refractivity contribution in [1.29, 1.82) is 0 Å². The van der Waals surface area contributed by atoms with Gasteiger partial charge in [0, 0.05) is 25.8 Å². The third-order valence-corrected chi connectivity index (χ3v) is 3.06. The summed E-state index contributed by atoms with van der Waals surface area (Å²) in [6, 6.07) is 1.18. The molecule has 2 atom stereocenters. The third-order valence-electron chi connectivity index (χ3n) is 3.06. The lowest BCUT2D eigenvalue weighted by molar-refractivity contribution is 0.179. The maximum absolute atomic E-state index is 5.07. The lowest BCUT2D eigenvalue weighted by Crippen LogP contribution is -2.39. The Morgan fingerprint density at radius 2 is 1.71 bits per heavy atom. The van der Waals surface area contributed by atoms with Crippen molar-refractivity contribution in [1.82, 2.24) is 5.32 Å². The van der Waals surface area contributed by atoms with Crippen molar-refractivity contribution >= 4 is 0 Å². The Morgan fingerprint density at radius 3 is 2.14 bits per heavy atom. The van der Waals surface area contributed by atoms with Gasteiger partial charge in [0.05, 0.1) is 0 Å². The summed E-state index contributed by atoms with van der Waals surface area (Å²) in [5.41, 5.74) is 0. The quantitative estimate of drug-likeness (QED) is 0.652. The van der Waals surface area contributed by atoms with Gasteiger partial charge < -0.3 is 10.1 Å². The molecular weight excluding hydrogens is 174 g/mol. The van der Waals surface area contributed by atoms with Crippen molar-refractivity contribution in [2.75, 3.05) is 13.7 Å². The standard InChI is InChI=1S/C12H27NO/c1-6-12(7-2)11(4)13-10(3)8-9-14-5/h10-13H,6-9H2,1-5H3. The Balaban J connectivity index is 3.73. The van der Waals surface area contributed by atoms with E-state index in [0.29, 0.717) is 12.1 Å². The van der Waals surface area contributed by atoms with Crippen LogP contribution in [0.5, 0.6) is 0 Å². The number of hydrogen-bond donors (Lipinski definition) is 1. The number of methoxy groups -OCH3 is 1. The van der Waals surface area contributed by atoms with E-state index in [1.54, 1.807) is 7.11 Å². The van der Waals surface area contributed by atoms with Crippen LogP contribution < -0.4 is 5.32 Å². The molecule has 0 heterocycles. The van der Waals surface area contributed by atoms with E-state index >= 15 is 0 Å². The van der Waals surface area contributed by atoms with Gasteiger partial charge in [-0.05, 0) is 26.2 Å². The highest BCUT2D eigenvalue weighted by molar-refractivity contribution is 4.73. The minimum absolute atomic E-state index is 0.561. The Hall–Kier alpha value is -0.0800. The van der Waals surface area contributed by atoms with Crippen LogP contribution in [0.25, 0.3) is 0 Å². The zero-order valence-electron chi connectivity index (χ0n) is 10.5. The van der Waals surface area contributed by atoms with Crippen molar-refractivity contribution in [3.8, 4) is 0 Å². The molecule has 0 radical (unpaired) electrons. The summed E-state index contributed by atoms with van der Waals surface area (Å²) in [7, 11) is 1.76. The van der Waals surface area contributed by atoms with Gasteiger partial charge in [0.1, 0.15) is 0 Å². The van der Waals surface area contributed by atoms with Gasteiger partial charge in [-0.3, -0.25) is 0 Å². The van der Waals surface area contributed by atoms with Gasteiger partial charge in [-0.25, -0.2) is 0 Å². The van der Waals surface area contributed by atoms with Crippen LogP contribution in [-0.4, -0.2) is 25.8 Å². The van der Waals surface area contributed by atoms with E-state index in [1.807, 2.05) is 0 Å². The first-order chi connectivity index (χ1) is 6.65. The molecule has 0 spiro atoms. The van der Waals surface area contributed by atoms with Crippen molar-refractivity contribution < 1.29 is 4.74 Å². The summed E-state index contributed by atoms with van der Waals surface area (Å²) >= 11 is 0. The molecule has 1 N–H and O–H groups in total. The number of rotatable bonds is 8. The molecule has 0 aliphatic rings. The molecule has 14 heavy (non-hydrogen) atoms. The molecule has 0 aromatic rings. The second kappa shape index (κ2) is 8.25. The monoisotopic (exact) mass is 201 g/mol. The highest BCUT2D eigenvalue weighted by Crippen LogP contribution is 2.13. The zero-order chi connectivity index (χ0) is 11.0. The van der Waals surface area contributed by atoms with E-state index in [4.69, 9.17) is 4.74 Å². The van der Waals surface area contributed by atoms with Crippen molar-refractivity contribution in [3.05, 3.63) is 0 Å². The molecule has 0 saturated carbocycles. The average Bonchev–Trinajstić information content (AvgIpc) is 2.16. The van der Waals surface area contributed by atoms with Crippen LogP contribution in [0.2, 0.25) is 0 Å². The van der Waals surface area contributed by atoms with Gasteiger partial charge in [0.15, 0.2) is 0 Å². The molecule has 0 aromatic heterocycles. The summed E-state index contributed by atoms with van der Waals surface area (Å²) in [5.74, 6) is 0.806. The van der Waals surface area contributed by atoms with Gasteiger partial charge in [0.25, 0.3) is 0 Å². The van der Waals surface area contributed by atoms with Gasteiger partial charge >= 0.3 is 0 Å². The fourth-order valence-electron chi connectivity index (χ4n) is 1.96. The van der Waals surface area contributed by atoms with Crippen molar-refractivity contribution in [2.24, 2.45) is 5.92 Å². The van der Waals surface area contributed by atoms with Gasteiger partial charge in [0.2, 0.25) is 0 Å². The first kappa shape index (κ1) is 13.9. The van der Waals surface area contributed by atoms with Crippen molar-refractivity contribution in [3.63, 3.8) is 0 Å². The molecule has 0 saturated heterocycles. The maximum atomic E-state index is 5.07. The molecule has 2 heteroatoms. The smallest absolute Gasteiger partial charge is 0.0476 e. The largest absolute Gasteiger partial charge is 0.385 e. The molecule has 2 unspecified atom stereocenters. The van der Waals surface area contributed by atoms with E-state index in [2.05, 4.69) is 33.0 Å². The lowest BCUT2D eigenvalue weighted by Gasteiger charge is -2.26. The first-order valence-electron chi connectivity index (χ1n) is 5.90. The van der Waals surface area contributed by atoms with Gasteiger partial charge in [-0.15, -0.1) is 0 Å². The SMILES string of the molecule is CCC(CC)C(C)NC(C)CCOC. The van der Waals surface area contributed by atoms with E-state index in [9.17, 15) is 0 Å². The van der Waals surface area contributed by atoms with Crippen LogP contribution in [0.4, 0.5) is 0 Å². The summed E-state index contributed by atoms with van der Waals surface area (Å²) < 4.78 is 5.07. The molecule has 0 aromatic carbocycles. The van der Waals surface area contributed by atoms with Crippen LogP contribution in [0.15, 0.2) is 0 Å². The third kappa shape index (κ3) is 5.61. The predicted octanol–water partition coefficient (Wildman–Crippen LogP) is 2.83. The topological polar surface area (TPSA) is 21.3 Å². The summed E-state index contributed by atoms with van der Waals surface area (Å²) in [4.78, 5) is 0. The second-order valence-corrected chi connectivity index (χ2v) is 4.21. The Kier molecular flexibility index (Phi) is 8.20. The van der Waals surface area contributed by atoms with Crippen LogP contribution in [-0.2, 0) is 4.74 Å². The fraction of sp³-hybridized carbons (Fsp3) is 1.00. The molecule has 0 fully saturated rings. The van der Waals surface area contributed by atoms with Crippen LogP contribution >= 0.6 is 0 Å². The van der Waals surface area contributed by atoms with Crippen molar-refractivity contribution in [2.45, 2.75) is 59.0 Å². The second-order valence-electron chi connectivity index (χ2n) is 4.21. The molecular formula is C12H27NO. The highest BCUT2D eigenvalue weighted by Gasteiger charge is 2.14.